The lowest BCUT2D eigenvalue weighted by Gasteiger charge is -2.24. The smallest absolute Gasteiger partial charge is 0.352 e. The van der Waals surface area contributed by atoms with Crippen LogP contribution in [0.1, 0.15) is 17.6 Å². The summed E-state index contributed by atoms with van der Waals surface area (Å²) >= 11 is 3.20. The summed E-state index contributed by atoms with van der Waals surface area (Å²) in [6.07, 6.45) is -2.77. The van der Waals surface area contributed by atoms with Crippen LogP contribution in [0.5, 0.6) is 5.88 Å². The van der Waals surface area contributed by atoms with Gasteiger partial charge >= 0.3 is 6.03 Å². The maximum absolute atomic E-state index is 13.4. The van der Waals surface area contributed by atoms with Gasteiger partial charge in [-0.25, -0.2) is 35.3 Å². The molecule has 0 radical (unpaired) electrons. The van der Waals surface area contributed by atoms with Crippen molar-refractivity contribution in [2.75, 3.05) is 12.1 Å². The quantitative estimate of drug-likeness (QED) is 0.338. The summed E-state index contributed by atoms with van der Waals surface area (Å²) in [5.41, 5.74) is -0.164. The van der Waals surface area contributed by atoms with Gasteiger partial charge in [0.15, 0.2) is 0 Å². The minimum absolute atomic E-state index is 0.0649. The maximum Gasteiger partial charge on any atom is 0.352 e. The number of hydrogen-bond donors (Lipinski definition) is 2. The molecular weight excluding hydrogens is 400 g/mol. The molecule has 0 unspecified atom stereocenters. The number of nitrogens with two attached hydrogens (primary N) is 2. The predicted molar refractivity (Wildman–Crippen MR) is 91.7 cm³/mol. The highest BCUT2D eigenvalue weighted by Crippen LogP contribution is 2.31. The van der Waals surface area contributed by atoms with Gasteiger partial charge in [0.25, 0.3) is 6.43 Å². The zero-order valence-electron chi connectivity index (χ0n) is 13.2. The van der Waals surface area contributed by atoms with Crippen LogP contribution in [0.4, 0.5) is 19.3 Å². The van der Waals surface area contributed by atoms with Crippen molar-refractivity contribution in [3.8, 4) is 5.88 Å². The van der Waals surface area contributed by atoms with Crippen molar-refractivity contribution >= 4 is 27.6 Å². The van der Waals surface area contributed by atoms with Gasteiger partial charge in [-0.2, -0.15) is 0 Å². The largest absolute Gasteiger partial charge is 0.473 e. The van der Waals surface area contributed by atoms with E-state index in [4.69, 9.17) is 16.4 Å². The highest BCUT2D eigenvalue weighted by atomic mass is 79.9. The third kappa shape index (κ3) is 4.62. The van der Waals surface area contributed by atoms with Crippen molar-refractivity contribution in [3.05, 3.63) is 52.1 Å². The molecule has 4 N–H and O–H groups in total. The van der Waals surface area contributed by atoms with Crippen molar-refractivity contribution in [1.82, 2.24) is 9.99 Å². The summed E-state index contributed by atoms with van der Waals surface area (Å²) < 4.78 is 32.7. The second kappa shape index (κ2) is 8.19. The van der Waals surface area contributed by atoms with E-state index in [1.807, 2.05) is 0 Å². The monoisotopic (exact) mass is 415 g/mol. The molecule has 1 aromatic heterocycles. The number of ether oxygens (including phenoxy) is 1. The fourth-order valence-corrected chi connectivity index (χ4v) is 2.40. The van der Waals surface area contributed by atoms with Crippen LogP contribution in [0.15, 0.2) is 41.0 Å². The van der Waals surface area contributed by atoms with Gasteiger partial charge in [0.05, 0.1) is 5.69 Å². The predicted octanol–water partition coefficient (Wildman–Crippen LogP) is 2.97. The molecule has 25 heavy (non-hydrogen) atoms. The van der Waals surface area contributed by atoms with Gasteiger partial charge < -0.3 is 4.74 Å². The highest BCUT2D eigenvalue weighted by molar-refractivity contribution is 9.10. The number of alkyl halides is 2. The lowest BCUT2D eigenvalue weighted by Crippen LogP contribution is -2.49. The van der Waals surface area contributed by atoms with Crippen LogP contribution in [0, 0.1) is 0 Å². The first-order chi connectivity index (χ1) is 11.8. The SMILES string of the molecule is CN(N)C(=O)N(N)c1cccc(C(F)F)c1COc1cccc(Br)n1. The van der Waals surface area contributed by atoms with E-state index >= 15 is 0 Å². The average Bonchev–Trinajstić information content (AvgIpc) is 2.58. The Bertz CT molecular complexity index is 760. The summed E-state index contributed by atoms with van der Waals surface area (Å²) in [7, 11) is 1.29. The summed E-state index contributed by atoms with van der Waals surface area (Å²) in [5.74, 6) is 11.3. The molecule has 2 amide bonds. The van der Waals surface area contributed by atoms with E-state index in [2.05, 4.69) is 20.9 Å². The van der Waals surface area contributed by atoms with Crippen molar-refractivity contribution in [3.63, 3.8) is 0 Å². The third-order valence-electron chi connectivity index (χ3n) is 3.24. The Morgan fingerprint density at radius 1 is 1.28 bits per heavy atom. The second-order valence-corrected chi connectivity index (χ2v) is 5.81. The zero-order valence-corrected chi connectivity index (χ0v) is 14.8. The van der Waals surface area contributed by atoms with Crippen molar-refractivity contribution in [1.29, 1.82) is 0 Å². The van der Waals surface area contributed by atoms with E-state index in [1.165, 1.54) is 25.2 Å². The zero-order chi connectivity index (χ0) is 18.6. The molecule has 1 heterocycles. The summed E-state index contributed by atoms with van der Waals surface area (Å²) in [5, 5.41) is 1.44. The molecule has 0 saturated heterocycles. The average molecular weight is 416 g/mol. The summed E-state index contributed by atoms with van der Waals surface area (Å²) in [6.45, 7) is -0.255. The van der Waals surface area contributed by atoms with Gasteiger partial charge in [-0.1, -0.05) is 18.2 Å². The van der Waals surface area contributed by atoms with Crippen LogP contribution in [-0.2, 0) is 6.61 Å². The standard InChI is InChI=1S/C15H16BrF2N5O2/c1-22(19)15(24)23(20)11-5-2-4-9(14(17)18)10(11)8-25-13-7-3-6-12(16)21-13/h2-7,14H,8,19-20H2,1H3. The van der Waals surface area contributed by atoms with Crippen molar-refractivity contribution in [2.24, 2.45) is 11.7 Å². The molecule has 0 fully saturated rings. The lowest BCUT2D eigenvalue weighted by atomic mass is 10.1. The number of amides is 2. The molecule has 0 spiro atoms. The molecule has 0 bridgehead atoms. The topological polar surface area (TPSA) is 97.7 Å². The first-order valence-electron chi connectivity index (χ1n) is 7.03. The van der Waals surface area contributed by atoms with Crippen LogP contribution in [-0.4, -0.2) is 23.1 Å². The third-order valence-corrected chi connectivity index (χ3v) is 3.69. The number of halogens is 3. The Hall–Kier alpha value is -2.30. The van der Waals surface area contributed by atoms with E-state index in [1.54, 1.807) is 18.2 Å². The van der Waals surface area contributed by atoms with E-state index in [-0.39, 0.29) is 29.3 Å². The molecule has 2 rings (SSSR count). The Morgan fingerprint density at radius 2 is 1.96 bits per heavy atom. The Kier molecular flexibility index (Phi) is 6.23. The van der Waals surface area contributed by atoms with E-state index in [0.717, 1.165) is 5.01 Å². The number of aromatic nitrogens is 1. The van der Waals surface area contributed by atoms with E-state index in [9.17, 15) is 13.6 Å². The lowest BCUT2D eigenvalue weighted by molar-refractivity contribution is 0.147. The first-order valence-corrected chi connectivity index (χ1v) is 7.83. The Labute approximate surface area is 151 Å². The van der Waals surface area contributed by atoms with E-state index < -0.39 is 12.5 Å². The normalized spacial score (nSPS) is 10.7. The first kappa shape index (κ1) is 19.0. The molecule has 10 heteroatoms. The molecule has 0 aliphatic heterocycles. The number of anilines is 1. The summed E-state index contributed by atoms with van der Waals surface area (Å²) in [6, 6.07) is 8.24. The maximum atomic E-state index is 13.4. The van der Waals surface area contributed by atoms with Crippen LogP contribution < -0.4 is 21.4 Å². The van der Waals surface area contributed by atoms with Gasteiger partial charge in [0.1, 0.15) is 11.2 Å². The van der Waals surface area contributed by atoms with Gasteiger partial charge in [-0.05, 0) is 28.1 Å². The highest BCUT2D eigenvalue weighted by Gasteiger charge is 2.23. The number of hydrazine groups is 2. The Morgan fingerprint density at radius 3 is 2.56 bits per heavy atom. The number of carbonyl (C=O) groups excluding carboxylic acids is 1. The van der Waals surface area contributed by atoms with Crippen molar-refractivity contribution < 1.29 is 18.3 Å². The number of benzene rings is 1. The van der Waals surface area contributed by atoms with Gasteiger partial charge in [0, 0.05) is 24.2 Å². The molecule has 134 valence electrons. The number of rotatable bonds is 5. The van der Waals surface area contributed by atoms with Crippen molar-refractivity contribution in [2.45, 2.75) is 13.0 Å². The van der Waals surface area contributed by atoms with Crippen LogP contribution >= 0.6 is 15.9 Å². The minimum Gasteiger partial charge on any atom is -0.473 e. The second-order valence-electron chi connectivity index (χ2n) is 5.00. The molecule has 0 aliphatic rings. The van der Waals surface area contributed by atoms with Gasteiger partial charge in [-0.3, -0.25) is 5.01 Å². The van der Waals surface area contributed by atoms with Gasteiger partial charge in [0.2, 0.25) is 5.88 Å². The minimum atomic E-state index is -2.77. The fraction of sp³-hybridized carbons (Fsp3) is 0.200. The number of hydrogen-bond acceptors (Lipinski definition) is 5. The molecular formula is C15H16BrF2N5O2. The molecule has 0 saturated carbocycles. The van der Waals surface area contributed by atoms with Crippen LogP contribution in [0.3, 0.4) is 0 Å². The van der Waals surface area contributed by atoms with Gasteiger partial charge in [-0.15, -0.1) is 0 Å². The van der Waals surface area contributed by atoms with Crippen LogP contribution in [0.2, 0.25) is 0 Å². The molecule has 1 aromatic carbocycles. The molecule has 0 atom stereocenters. The number of pyridine rings is 1. The molecule has 2 aromatic rings. The fourth-order valence-electron chi connectivity index (χ4n) is 2.07. The van der Waals surface area contributed by atoms with E-state index in [0.29, 0.717) is 9.61 Å². The molecule has 0 aliphatic carbocycles. The summed E-state index contributed by atoms with van der Waals surface area (Å²) in [4.78, 5) is 16.0. The van der Waals surface area contributed by atoms with Crippen LogP contribution in [0.25, 0.3) is 0 Å². The number of carbonyl (C=O) groups is 1. The number of nitrogens with zero attached hydrogens (tertiary/aromatic N) is 3. The number of urea groups is 1. The Balaban J connectivity index is 2.37. The molecule has 7 nitrogen and oxygen atoms in total.